The summed E-state index contributed by atoms with van der Waals surface area (Å²) in [5, 5.41) is 7.76. The van der Waals surface area contributed by atoms with Gasteiger partial charge in [-0.2, -0.15) is 0 Å². The van der Waals surface area contributed by atoms with E-state index in [-0.39, 0.29) is 18.7 Å². The van der Waals surface area contributed by atoms with Crippen LogP contribution in [0.25, 0.3) is 0 Å². The molecule has 0 saturated heterocycles. The zero-order valence-corrected chi connectivity index (χ0v) is 5.26. The Morgan fingerprint density at radius 1 is 2.00 bits per heavy atom. The Morgan fingerprint density at radius 3 is 2.60 bits per heavy atom. The molecule has 0 radical (unpaired) electrons. The number of halogens is 1. The quantitative estimate of drug-likeness (QED) is 0.657. The van der Waals surface area contributed by atoms with Crippen molar-refractivity contribution in [2.24, 2.45) is 0 Å². The van der Waals surface area contributed by atoms with Crippen LogP contribution in [0.2, 0.25) is 4.64 Å². The van der Waals surface area contributed by atoms with E-state index >= 15 is 0 Å². The van der Waals surface area contributed by atoms with Crippen molar-refractivity contribution in [1.29, 1.82) is 5.26 Å². The second kappa shape index (κ2) is 4.52. The molecular formula is C2H2AuClN. The molecule has 0 heterocycles. The molecule has 1 nitrogen and oxygen atoms in total. The van der Waals surface area contributed by atoms with Gasteiger partial charge in [-0.3, -0.25) is 0 Å². The van der Waals surface area contributed by atoms with E-state index in [1.165, 1.54) is 0 Å². The van der Waals surface area contributed by atoms with Gasteiger partial charge in [-0.1, -0.05) is 0 Å². The SMILES string of the molecule is N#C[CH2][Au][Cl]. The van der Waals surface area contributed by atoms with E-state index in [9.17, 15) is 0 Å². The molecule has 0 amide bonds. The topological polar surface area (TPSA) is 23.8 Å². The Morgan fingerprint density at radius 2 is 2.60 bits per heavy atom. The molecule has 0 aromatic heterocycles. The third-order valence-electron chi connectivity index (χ3n) is 0.0880. The third-order valence-corrected chi connectivity index (χ3v) is 1.38. The molecule has 0 aromatic carbocycles. The van der Waals surface area contributed by atoms with Gasteiger partial charge in [0.15, 0.2) is 0 Å². The van der Waals surface area contributed by atoms with Crippen molar-refractivity contribution in [2.45, 2.75) is 4.64 Å². The van der Waals surface area contributed by atoms with Gasteiger partial charge in [0.05, 0.1) is 0 Å². The van der Waals surface area contributed by atoms with E-state index in [0.717, 1.165) is 0 Å². The summed E-state index contributed by atoms with van der Waals surface area (Å²) in [7, 11) is 5.18. The molecule has 0 atom stereocenters. The predicted octanol–water partition coefficient (Wildman–Crippen LogP) is 1.16. The van der Waals surface area contributed by atoms with Crippen molar-refractivity contribution in [3.05, 3.63) is 0 Å². The Hall–Kier alpha value is 0.520. The Labute approximate surface area is 44.1 Å². The first-order valence-corrected chi connectivity index (χ1v) is 5.12. The number of nitrogens with zero attached hydrogens (tertiary/aromatic N) is 1. The van der Waals surface area contributed by atoms with Crippen LogP contribution in [0, 0.1) is 11.3 Å². The van der Waals surface area contributed by atoms with Gasteiger partial charge >= 0.3 is 43.8 Å². The molecule has 0 unspecified atom stereocenters. The maximum atomic E-state index is 7.76. The van der Waals surface area contributed by atoms with Gasteiger partial charge in [-0.05, 0) is 0 Å². The summed E-state index contributed by atoms with van der Waals surface area (Å²) in [5.74, 6) is 0. The van der Waals surface area contributed by atoms with E-state index in [1.54, 1.807) is 0 Å². The van der Waals surface area contributed by atoms with Crippen molar-refractivity contribution in [1.82, 2.24) is 0 Å². The predicted molar refractivity (Wildman–Crippen MR) is 16.3 cm³/mol. The van der Waals surface area contributed by atoms with E-state index in [1.807, 2.05) is 6.07 Å². The van der Waals surface area contributed by atoms with Crippen LogP contribution in [-0.2, 0) is 18.7 Å². The van der Waals surface area contributed by atoms with Gasteiger partial charge in [0, 0.05) is 0 Å². The van der Waals surface area contributed by atoms with Crippen molar-refractivity contribution in [3.8, 4) is 6.07 Å². The summed E-state index contributed by atoms with van der Waals surface area (Å²) in [6.45, 7) is 0. The monoisotopic (exact) mass is 272 g/mol. The molecule has 0 spiro atoms. The Bertz CT molecular complexity index is 48.1. The molecule has 3 heteroatoms. The van der Waals surface area contributed by atoms with E-state index in [2.05, 4.69) is 0 Å². The van der Waals surface area contributed by atoms with Crippen LogP contribution in [0.4, 0.5) is 0 Å². The molecule has 0 rings (SSSR count). The molecule has 0 aliphatic rings. The fraction of sp³-hybridized carbons (Fsp3) is 0.500. The summed E-state index contributed by atoms with van der Waals surface area (Å²) in [4.78, 5) is 0. The van der Waals surface area contributed by atoms with Gasteiger partial charge in [-0.15, -0.1) is 0 Å². The van der Waals surface area contributed by atoms with E-state index in [0.29, 0.717) is 4.64 Å². The van der Waals surface area contributed by atoms with Crippen molar-refractivity contribution >= 4 is 9.19 Å². The fourth-order valence-electron chi connectivity index (χ4n) is 0.0180. The van der Waals surface area contributed by atoms with Crippen LogP contribution in [-0.4, -0.2) is 0 Å². The summed E-state index contributed by atoms with van der Waals surface area (Å²) >= 11 is -0.196. The number of hydrogen-bond acceptors (Lipinski definition) is 1. The van der Waals surface area contributed by atoms with Crippen LogP contribution < -0.4 is 0 Å². The van der Waals surface area contributed by atoms with Gasteiger partial charge in [0.1, 0.15) is 0 Å². The molecule has 0 bridgehead atoms. The Kier molecular flexibility index (Phi) is 4.99. The van der Waals surface area contributed by atoms with E-state index < -0.39 is 0 Å². The maximum absolute atomic E-state index is 7.76. The molecule has 33 valence electrons. The minimum absolute atomic E-state index is 0.196. The number of nitriles is 1. The molecule has 0 aromatic rings. The van der Waals surface area contributed by atoms with Crippen LogP contribution in [0.15, 0.2) is 0 Å². The second-order valence-electron chi connectivity index (χ2n) is 0.345. The average Bonchev–Trinajstić information content (AvgIpc) is 1.41. The normalized spacial score (nSPS) is 7.20. The van der Waals surface area contributed by atoms with Gasteiger partial charge in [-0.25, -0.2) is 0 Å². The van der Waals surface area contributed by atoms with E-state index in [4.69, 9.17) is 14.5 Å². The first-order chi connectivity index (χ1) is 2.41. The van der Waals surface area contributed by atoms with Crippen molar-refractivity contribution in [2.75, 3.05) is 0 Å². The fourth-order valence-corrected chi connectivity index (χ4v) is 0.442. The molecule has 5 heavy (non-hydrogen) atoms. The summed E-state index contributed by atoms with van der Waals surface area (Å²) in [6, 6.07) is 1.93. The van der Waals surface area contributed by atoms with Gasteiger partial charge < -0.3 is 0 Å². The molecule has 0 fully saturated rings. The zero-order chi connectivity index (χ0) is 4.12. The molecule has 0 aliphatic heterocycles. The third kappa shape index (κ3) is 4.52. The molecule has 0 aliphatic carbocycles. The van der Waals surface area contributed by atoms with Crippen LogP contribution in [0.5, 0.6) is 0 Å². The second-order valence-corrected chi connectivity index (χ2v) is 3.01. The summed E-state index contributed by atoms with van der Waals surface area (Å²) in [6.07, 6.45) is 0. The number of hydrogen-bond donors (Lipinski definition) is 0. The first kappa shape index (κ1) is 5.52. The number of rotatable bonds is 1. The van der Waals surface area contributed by atoms with Crippen LogP contribution >= 0.6 is 9.19 Å². The van der Waals surface area contributed by atoms with Gasteiger partial charge in [0.25, 0.3) is 0 Å². The molecule has 0 N–H and O–H groups in total. The van der Waals surface area contributed by atoms with Crippen molar-refractivity contribution in [3.63, 3.8) is 0 Å². The van der Waals surface area contributed by atoms with Gasteiger partial charge in [0.2, 0.25) is 0 Å². The summed E-state index contributed by atoms with van der Waals surface area (Å²) < 4.78 is 0.557. The first-order valence-electron chi connectivity index (χ1n) is 0.904. The standard InChI is InChI=1S/C2H2N.Au.ClH/c1-2-3;;/h1H2;;1H/q;+1;/p-1. The molecular weight excluding hydrogens is 270 g/mol. The van der Waals surface area contributed by atoms with Crippen LogP contribution in [0.3, 0.4) is 0 Å². The minimum atomic E-state index is -0.196. The van der Waals surface area contributed by atoms with Crippen molar-refractivity contribution < 1.29 is 18.7 Å². The average molecular weight is 272 g/mol. The zero-order valence-electron chi connectivity index (χ0n) is 2.33. The Balaban J connectivity index is 2.48. The van der Waals surface area contributed by atoms with Crippen LogP contribution in [0.1, 0.15) is 0 Å². The summed E-state index contributed by atoms with van der Waals surface area (Å²) in [5.41, 5.74) is 0. The molecule has 0 saturated carbocycles.